The van der Waals surface area contributed by atoms with E-state index in [1.165, 1.54) is 44.2 Å². The predicted octanol–water partition coefficient (Wildman–Crippen LogP) is 5.35. The normalized spacial score (nSPS) is 34.4. The third kappa shape index (κ3) is 3.96. The molecule has 34 heavy (non-hydrogen) atoms. The number of likely N-dealkylation sites (tertiary alicyclic amines) is 1. The van der Waals surface area contributed by atoms with Crippen LogP contribution < -0.4 is 9.47 Å². The Morgan fingerprint density at radius 2 is 1.88 bits per heavy atom. The zero-order valence-electron chi connectivity index (χ0n) is 23.0. The molecule has 0 radical (unpaired) electrons. The highest BCUT2D eigenvalue weighted by atomic mass is 16.5. The molecule has 192 valence electrons. The monoisotopic (exact) mass is 473 g/mol. The summed E-state index contributed by atoms with van der Waals surface area (Å²) in [5.74, 6) is 2.86. The summed E-state index contributed by atoms with van der Waals surface area (Å²) in [5.41, 5.74) is 3.10. The molecule has 5 heteroatoms. The Morgan fingerprint density at radius 1 is 1.18 bits per heavy atom. The number of likely N-dealkylation sites (N-methyl/N-ethyl adjacent to an activating group) is 1. The number of fused-ring (bicyclic) bond motifs is 2. The fourth-order valence-corrected chi connectivity index (χ4v) is 7.69. The number of benzene rings is 1. The van der Waals surface area contributed by atoms with Gasteiger partial charge in [-0.1, -0.05) is 19.9 Å². The molecule has 1 aromatic carbocycles. The SMILES string of the molecule is CC.CC(C)(O)COC(C)(C)C.COc1ccc2c3c1O[C@H]1CCCC45CN(C)C(C2)C4C31C5. The van der Waals surface area contributed by atoms with Crippen molar-refractivity contribution in [2.45, 2.75) is 109 Å². The molecule has 0 amide bonds. The molecule has 6 aliphatic rings. The molecule has 7 rings (SSSR count). The van der Waals surface area contributed by atoms with Gasteiger partial charge in [0.1, 0.15) is 6.10 Å². The van der Waals surface area contributed by atoms with Crippen LogP contribution in [0, 0.1) is 11.3 Å². The van der Waals surface area contributed by atoms with Gasteiger partial charge in [-0.15, -0.1) is 0 Å². The first-order valence-electron chi connectivity index (χ1n) is 13.3. The summed E-state index contributed by atoms with van der Waals surface area (Å²) in [7, 11) is 4.12. The van der Waals surface area contributed by atoms with Gasteiger partial charge in [0.25, 0.3) is 0 Å². The second-order valence-corrected chi connectivity index (χ2v) is 12.6. The first kappa shape index (κ1) is 25.8. The zero-order valence-corrected chi connectivity index (χ0v) is 23.0. The molecule has 4 unspecified atom stereocenters. The summed E-state index contributed by atoms with van der Waals surface area (Å²) in [6, 6.07) is 5.16. The Kier molecular flexibility index (Phi) is 6.58. The maximum absolute atomic E-state index is 9.26. The number of ether oxygens (including phenoxy) is 3. The summed E-state index contributed by atoms with van der Waals surface area (Å²) in [5, 5.41) is 9.26. The van der Waals surface area contributed by atoms with Gasteiger partial charge in [-0.25, -0.2) is 0 Å². The number of methoxy groups -OCH3 is 1. The minimum absolute atomic E-state index is 0.153. The highest BCUT2D eigenvalue weighted by molar-refractivity contribution is 5.63. The van der Waals surface area contributed by atoms with Crippen molar-refractivity contribution in [1.29, 1.82) is 0 Å². The number of hydrogen-bond donors (Lipinski definition) is 1. The third-order valence-electron chi connectivity index (χ3n) is 8.53. The molecule has 4 fully saturated rings. The van der Waals surface area contributed by atoms with Crippen molar-refractivity contribution in [3.63, 3.8) is 0 Å². The van der Waals surface area contributed by atoms with E-state index >= 15 is 0 Å². The molecule has 4 aliphatic carbocycles. The van der Waals surface area contributed by atoms with E-state index in [0.29, 0.717) is 23.5 Å². The Hall–Kier alpha value is -1.30. The maximum Gasteiger partial charge on any atom is 0.165 e. The van der Waals surface area contributed by atoms with E-state index in [4.69, 9.17) is 14.2 Å². The molecule has 1 saturated heterocycles. The minimum atomic E-state index is -0.715. The average Bonchev–Trinajstić information content (AvgIpc) is 3.09. The van der Waals surface area contributed by atoms with Crippen LogP contribution in [0.15, 0.2) is 12.1 Å². The van der Waals surface area contributed by atoms with Gasteiger partial charge in [0, 0.05) is 23.6 Å². The highest BCUT2D eigenvalue weighted by Gasteiger charge is 2.77. The largest absolute Gasteiger partial charge is 0.493 e. The quantitative estimate of drug-likeness (QED) is 0.641. The van der Waals surface area contributed by atoms with E-state index in [1.54, 1.807) is 26.5 Å². The van der Waals surface area contributed by atoms with E-state index in [1.807, 2.05) is 34.6 Å². The molecule has 0 aromatic heterocycles. The Bertz CT molecular complexity index is 887. The molecular formula is C29H47NO4. The molecule has 2 spiro atoms. The fourth-order valence-electron chi connectivity index (χ4n) is 7.69. The second-order valence-electron chi connectivity index (χ2n) is 12.6. The van der Waals surface area contributed by atoms with Crippen LogP contribution in [0.4, 0.5) is 0 Å². The van der Waals surface area contributed by atoms with Crippen molar-refractivity contribution in [2.24, 2.45) is 11.3 Å². The van der Waals surface area contributed by atoms with Crippen molar-refractivity contribution in [3.05, 3.63) is 23.3 Å². The lowest BCUT2D eigenvalue weighted by Crippen LogP contribution is -2.65. The molecule has 1 aromatic rings. The summed E-state index contributed by atoms with van der Waals surface area (Å²) < 4.78 is 17.5. The summed E-state index contributed by atoms with van der Waals surface area (Å²) in [6.45, 7) is 15.1. The van der Waals surface area contributed by atoms with Gasteiger partial charge in [0.05, 0.1) is 24.9 Å². The van der Waals surface area contributed by atoms with E-state index in [0.717, 1.165) is 23.5 Å². The molecule has 5 atom stereocenters. The number of rotatable bonds is 3. The molecule has 3 saturated carbocycles. The van der Waals surface area contributed by atoms with Gasteiger partial charge >= 0.3 is 0 Å². The maximum atomic E-state index is 9.26. The van der Waals surface area contributed by atoms with Crippen LogP contribution in [-0.2, 0) is 16.6 Å². The average molecular weight is 474 g/mol. The summed E-state index contributed by atoms with van der Waals surface area (Å²) in [4.78, 5) is 2.66. The van der Waals surface area contributed by atoms with Gasteiger partial charge in [0.2, 0.25) is 0 Å². The zero-order chi connectivity index (χ0) is 25.1. The van der Waals surface area contributed by atoms with Crippen molar-refractivity contribution in [2.75, 3.05) is 27.3 Å². The third-order valence-corrected chi connectivity index (χ3v) is 8.53. The second kappa shape index (κ2) is 8.67. The van der Waals surface area contributed by atoms with Crippen molar-refractivity contribution >= 4 is 0 Å². The van der Waals surface area contributed by atoms with Crippen LogP contribution in [0.3, 0.4) is 0 Å². The summed E-state index contributed by atoms with van der Waals surface area (Å²) in [6.07, 6.45) is 6.92. The van der Waals surface area contributed by atoms with Crippen LogP contribution in [0.25, 0.3) is 0 Å². The van der Waals surface area contributed by atoms with Crippen LogP contribution in [-0.4, -0.2) is 60.7 Å². The minimum Gasteiger partial charge on any atom is -0.493 e. The van der Waals surface area contributed by atoms with Gasteiger partial charge in [-0.3, -0.25) is 0 Å². The highest BCUT2D eigenvalue weighted by Crippen LogP contribution is 2.76. The van der Waals surface area contributed by atoms with Crippen LogP contribution in [0.1, 0.15) is 85.3 Å². The van der Waals surface area contributed by atoms with E-state index in [9.17, 15) is 5.11 Å². The van der Waals surface area contributed by atoms with E-state index < -0.39 is 5.60 Å². The standard InChI is InChI=1S/C19H23NO2.C8H18O2.C2H6/c1-20-10-18-7-3-4-14-19(9-18)15-11(8-12(20)17(18)19)5-6-13(21-2)16(15)22-14;1-7(2,3)10-6-8(4,5)9;1-2/h5-6,12,14,17H,3-4,7-10H2,1-2H3;9H,6H2,1-5H3;1-2H3/t12?,14-,17?,18?,19?;;/m0../s1. The molecule has 2 bridgehead atoms. The molecule has 5 nitrogen and oxygen atoms in total. The molecule has 2 aliphatic heterocycles. The Balaban J connectivity index is 0.000000197. The van der Waals surface area contributed by atoms with E-state index in [-0.39, 0.29) is 5.60 Å². The van der Waals surface area contributed by atoms with Gasteiger partial charge in [-0.05, 0) is 96.7 Å². The first-order chi connectivity index (χ1) is 15.9. The van der Waals surface area contributed by atoms with Crippen LogP contribution in [0.2, 0.25) is 0 Å². The van der Waals surface area contributed by atoms with Crippen molar-refractivity contribution in [3.8, 4) is 11.5 Å². The van der Waals surface area contributed by atoms with Crippen LogP contribution >= 0.6 is 0 Å². The van der Waals surface area contributed by atoms with Crippen molar-refractivity contribution in [1.82, 2.24) is 4.90 Å². The van der Waals surface area contributed by atoms with Gasteiger partial charge < -0.3 is 24.2 Å². The van der Waals surface area contributed by atoms with Gasteiger partial charge in [0.15, 0.2) is 11.5 Å². The Morgan fingerprint density at radius 3 is 2.47 bits per heavy atom. The molecular weight excluding hydrogens is 426 g/mol. The molecule has 1 N–H and O–H groups in total. The lowest BCUT2D eigenvalue weighted by atomic mass is 9.40. The lowest BCUT2D eigenvalue weighted by molar-refractivity contribution is -0.0827. The predicted molar refractivity (Wildman–Crippen MR) is 137 cm³/mol. The lowest BCUT2D eigenvalue weighted by Gasteiger charge is -2.62. The van der Waals surface area contributed by atoms with E-state index in [2.05, 4.69) is 24.1 Å². The fraction of sp³-hybridized carbons (Fsp3) is 0.793. The first-order valence-corrected chi connectivity index (χ1v) is 13.3. The number of hydrogen-bond acceptors (Lipinski definition) is 5. The molecule has 2 heterocycles. The van der Waals surface area contributed by atoms with Crippen molar-refractivity contribution < 1.29 is 19.3 Å². The number of aliphatic hydroxyl groups is 1. The van der Waals surface area contributed by atoms with Crippen LogP contribution in [0.5, 0.6) is 11.5 Å². The Labute approximate surface area is 207 Å². The topological polar surface area (TPSA) is 51.2 Å². The summed E-state index contributed by atoms with van der Waals surface area (Å²) >= 11 is 0. The number of nitrogens with zero attached hydrogens (tertiary/aromatic N) is 1. The van der Waals surface area contributed by atoms with Gasteiger partial charge in [-0.2, -0.15) is 0 Å². The smallest absolute Gasteiger partial charge is 0.165 e.